The molecule has 0 spiro atoms. The predicted molar refractivity (Wildman–Crippen MR) is 62.0 cm³/mol. The van der Waals surface area contributed by atoms with Gasteiger partial charge < -0.3 is 10.7 Å². The highest BCUT2D eigenvalue weighted by Crippen LogP contribution is 2.07. The van der Waals surface area contributed by atoms with Gasteiger partial charge in [0.1, 0.15) is 0 Å². The van der Waals surface area contributed by atoms with E-state index in [0.717, 1.165) is 17.8 Å². The lowest BCUT2D eigenvalue weighted by molar-refractivity contribution is -0.114. The third-order valence-corrected chi connectivity index (χ3v) is 1.69. The molecule has 80 valence electrons. The SMILES string of the molecule is CCNN=Cc1ccc(NC(C)=O)cc1. The Labute approximate surface area is 89.4 Å². The second-order valence-corrected chi connectivity index (χ2v) is 3.07. The molecular formula is C11H15N3O. The zero-order valence-corrected chi connectivity index (χ0v) is 8.95. The molecule has 4 nitrogen and oxygen atoms in total. The van der Waals surface area contributed by atoms with Crippen molar-refractivity contribution in [3.05, 3.63) is 29.8 Å². The molecule has 1 aromatic rings. The second kappa shape index (κ2) is 5.80. The maximum absolute atomic E-state index is 10.8. The van der Waals surface area contributed by atoms with Gasteiger partial charge in [-0.15, -0.1) is 0 Å². The van der Waals surface area contributed by atoms with Crippen LogP contribution in [0.4, 0.5) is 5.69 Å². The molecule has 0 aliphatic heterocycles. The fourth-order valence-corrected chi connectivity index (χ4v) is 1.07. The highest BCUT2D eigenvalue weighted by atomic mass is 16.1. The van der Waals surface area contributed by atoms with E-state index in [1.165, 1.54) is 6.92 Å². The number of hydrogen-bond acceptors (Lipinski definition) is 3. The van der Waals surface area contributed by atoms with Crippen molar-refractivity contribution in [2.75, 3.05) is 11.9 Å². The minimum absolute atomic E-state index is 0.0657. The molecule has 0 atom stereocenters. The Balaban J connectivity index is 2.60. The van der Waals surface area contributed by atoms with Gasteiger partial charge in [0.2, 0.25) is 5.91 Å². The Kier molecular flexibility index (Phi) is 4.34. The third-order valence-electron chi connectivity index (χ3n) is 1.69. The van der Waals surface area contributed by atoms with Gasteiger partial charge in [0, 0.05) is 19.2 Å². The maximum Gasteiger partial charge on any atom is 0.221 e. The van der Waals surface area contributed by atoms with Gasteiger partial charge in [0.25, 0.3) is 0 Å². The van der Waals surface area contributed by atoms with Crippen LogP contribution < -0.4 is 10.7 Å². The molecule has 1 rings (SSSR count). The summed E-state index contributed by atoms with van der Waals surface area (Å²) < 4.78 is 0. The first kappa shape index (κ1) is 11.2. The van der Waals surface area contributed by atoms with Gasteiger partial charge in [-0.05, 0) is 24.6 Å². The van der Waals surface area contributed by atoms with Crippen LogP contribution in [0.3, 0.4) is 0 Å². The number of benzene rings is 1. The molecule has 0 radical (unpaired) electrons. The van der Waals surface area contributed by atoms with E-state index in [4.69, 9.17) is 0 Å². The number of hydrazone groups is 1. The first-order chi connectivity index (χ1) is 7.22. The van der Waals surface area contributed by atoms with Crippen LogP contribution in [0.5, 0.6) is 0 Å². The molecule has 1 amide bonds. The minimum Gasteiger partial charge on any atom is -0.326 e. The van der Waals surface area contributed by atoms with E-state index >= 15 is 0 Å². The van der Waals surface area contributed by atoms with E-state index in [1.54, 1.807) is 6.21 Å². The second-order valence-electron chi connectivity index (χ2n) is 3.07. The van der Waals surface area contributed by atoms with Crippen molar-refractivity contribution in [3.8, 4) is 0 Å². The maximum atomic E-state index is 10.8. The van der Waals surface area contributed by atoms with E-state index in [2.05, 4.69) is 15.8 Å². The summed E-state index contributed by atoms with van der Waals surface area (Å²) in [6.07, 6.45) is 1.74. The minimum atomic E-state index is -0.0657. The molecule has 0 bridgehead atoms. The Morgan fingerprint density at radius 1 is 1.40 bits per heavy atom. The van der Waals surface area contributed by atoms with Crippen molar-refractivity contribution >= 4 is 17.8 Å². The summed E-state index contributed by atoms with van der Waals surface area (Å²) in [4.78, 5) is 10.8. The molecule has 0 aromatic heterocycles. The van der Waals surface area contributed by atoms with Crippen molar-refractivity contribution in [3.63, 3.8) is 0 Å². The third kappa shape index (κ3) is 4.26. The summed E-state index contributed by atoms with van der Waals surface area (Å²) in [5.74, 6) is -0.0657. The predicted octanol–water partition coefficient (Wildman–Crippen LogP) is 1.59. The van der Waals surface area contributed by atoms with Crippen molar-refractivity contribution in [2.24, 2.45) is 5.10 Å². The largest absolute Gasteiger partial charge is 0.326 e. The average molecular weight is 205 g/mol. The Morgan fingerprint density at radius 2 is 2.07 bits per heavy atom. The fourth-order valence-electron chi connectivity index (χ4n) is 1.07. The molecule has 0 unspecified atom stereocenters. The average Bonchev–Trinajstić information content (AvgIpc) is 2.20. The molecule has 4 heteroatoms. The van der Waals surface area contributed by atoms with Crippen molar-refractivity contribution in [1.82, 2.24) is 5.43 Å². The molecule has 15 heavy (non-hydrogen) atoms. The van der Waals surface area contributed by atoms with Gasteiger partial charge in [0.05, 0.1) is 6.21 Å². The molecular weight excluding hydrogens is 190 g/mol. The van der Waals surface area contributed by atoms with Crippen LogP contribution in [0, 0.1) is 0 Å². The van der Waals surface area contributed by atoms with Crippen LogP contribution in [0.1, 0.15) is 19.4 Å². The number of carbonyl (C=O) groups excluding carboxylic acids is 1. The van der Waals surface area contributed by atoms with Gasteiger partial charge in [0.15, 0.2) is 0 Å². The number of carbonyl (C=O) groups is 1. The van der Waals surface area contributed by atoms with Crippen LogP contribution in [0.2, 0.25) is 0 Å². The zero-order chi connectivity index (χ0) is 11.1. The summed E-state index contributed by atoms with van der Waals surface area (Å²) in [6.45, 7) is 4.28. The standard InChI is InChI=1S/C11H15N3O/c1-3-12-13-8-10-4-6-11(7-5-10)14-9(2)15/h4-8,12H,3H2,1-2H3,(H,14,15). The van der Waals surface area contributed by atoms with Gasteiger partial charge in [-0.25, -0.2) is 0 Å². The lowest BCUT2D eigenvalue weighted by atomic mass is 10.2. The molecule has 0 heterocycles. The molecule has 0 fully saturated rings. The van der Waals surface area contributed by atoms with Crippen LogP contribution in [-0.2, 0) is 4.79 Å². The number of amides is 1. The van der Waals surface area contributed by atoms with E-state index < -0.39 is 0 Å². The van der Waals surface area contributed by atoms with E-state index in [-0.39, 0.29) is 5.91 Å². The lowest BCUT2D eigenvalue weighted by Gasteiger charge is -2.01. The van der Waals surface area contributed by atoms with Crippen LogP contribution in [0.15, 0.2) is 29.4 Å². The molecule has 0 saturated heterocycles. The van der Waals surface area contributed by atoms with E-state index in [0.29, 0.717) is 0 Å². The van der Waals surface area contributed by atoms with Crippen LogP contribution >= 0.6 is 0 Å². The van der Waals surface area contributed by atoms with Gasteiger partial charge in [-0.2, -0.15) is 5.10 Å². The topological polar surface area (TPSA) is 53.5 Å². The number of nitrogens with one attached hydrogen (secondary N) is 2. The van der Waals surface area contributed by atoms with Gasteiger partial charge in [-0.3, -0.25) is 4.79 Å². The Morgan fingerprint density at radius 3 is 2.60 bits per heavy atom. The first-order valence-corrected chi connectivity index (χ1v) is 4.86. The summed E-state index contributed by atoms with van der Waals surface area (Å²) >= 11 is 0. The van der Waals surface area contributed by atoms with E-state index in [1.807, 2.05) is 31.2 Å². The van der Waals surface area contributed by atoms with Gasteiger partial charge >= 0.3 is 0 Å². The molecule has 2 N–H and O–H groups in total. The summed E-state index contributed by atoms with van der Waals surface area (Å²) in [6, 6.07) is 7.47. The Bertz CT molecular complexity index is 343. The van der Waals surface area contributed by atoms with Crippen LogP contribution in [0.25, 0.3) is 0 Å². The zero-order valence-electron chi connectivity index (χ0n) is 8.95. The van der Waals surface area contributed by atoms with Crippen molar-refractivity contribution in [1.29, 1.82) is 0 Å². The van der Waals surface area contributed by atoms with Crippen molar-refractivity contribution in [2.45, 2.75) is 13.8 Å². The molecule has 0 saturated carbocycles. The lowest BCUT2D eigenvalue weighted by Crippen LogP contribution is -2.05. The summed E-state index contributed by atoms with van der Waals surface area (Å²) in [5.41, 5.74) is 4.63. The number of rotatable bonds is 4. The monoisotopic (exact) mass is 205 g/mol. The summed E-state index contributed by atoms with van der Waals surface area (Å²) in [7, 11) is 0. The van der Waals surface area contributed by atoms with Crippen LogP contribution in [-0.4, -0.2) is 18.7 Å². The first-order valence-electron chi connectivity index (χ1n) is 4.86. The molecule has 1 aromatic carbocycles. The number of nitrogens with zero attached hydrogens (tertiary/aromatic N) is 1. The molecule has 0 aliphatic rings. The van der Waals surface area contributed by atoms with Crippen molar-refractivity contribution < 1.29 is 4.79 Å². The quantitative estimate of drug-likeness (QED) is 0.579. The number of hydrogen-bond donors (Lipinski definition) is 2. The smallest absolute Gasteiger partial charge is 0.221 e. The highest BCUT2D eigenvalue weighted by Gasteiger charge is 1.94. The fraction of sp³-hybridized carbons (Fsp3) is 0.273. The van der Waals surface area contributed by atoms with Gasteiger partial charge in [-0.1, -0.05) is 12.1 Å². The number of anilines is 1. The normalized spacial score (nSPS) is 10.3. The molecule has 0 aliphatic carbocycles. The summed E-state index contributed by atoms with van der Waals surface area (Å²) in [5, 5.41) is 6.69. The highest BCUT2D eigenvalue weighted by molar-refractivity contribution is 5.89. The Hall–Kier alpha value is -1.84. The van der Waals surface area contributed by atoms with E-state index in [9.17, 15) is 4.79 Å².